The summed E-state index contributed by atoms with van der Waals surface area (Å²) < 4.78 is 30.4. The van der Waals surface area contributed by atoms with Crippen LogP contribution in [0.25, 0.3) is 0 Å². The number of phosphoric ester groups is 1. The van der Waals surface area contributed by atoms with Crippen LogP contribution in [0.4, 0.5) is 0 Å². The number of esters is 1. The predicted octanol–water partition coefficient (Wildman–Crippen LogP) is 21.4. The summed E-state index contributed by atoms with van der Waals surface area (Å²) in [5.41, 5.74) is 0. The van der Waals surface area contributed by atoms with Crippen molar-refractivity contribution in [3.8, 4) is 0 Å². The van der Waals surface area contributed by atoms with E-state index in [0.717, 1.165) is 148 Å². The fraction of sp³-hybridized carbons (Fsp3) is 0.680. The van der Waals surface area contributed by atoms with Gasteiger partial charge >= 0.3 is 5.97 Å². The van der Waals surface area contributed by atoms with E-state index in [1.807, 2.05) is 33.3 Å². The number of hydrogen-bond donors (Lipinski definition) is 1. The number of quaternary nitrogens is 1. The molecule has 1 amide bonds. The smallest absolute Gasteiger partial charge is 0.306 e. The van der Waals surface area contributed by atoms with E-state index in [1.165, 1.54) is 83.5 Å². The molecule has 1 N–H and O–H groups in total. The van der Waals surface area contributed by atoms with E-state index in [-0.39, 0.29) is 31.3 Å². The van der Waals surface area contributed by atoms with Crippen LogP contribution in [0.2, 0.25) is 0 Å². The van der Waals surface area contributed by atoms with Crippen molar-refractivity contribution >= 4 is 19.7 Å². The van der Waals surface area contributed by atoms with Crippen LogP contribution in [-0.2, 0) is 27.9 Å². The topological polar surface area (TPSA) is 114 Å². The van der Waals surface area contributed by atoms with Crippen molar-refractivity contribution in [3.63, 3.8) is 0 Å². The molecule has 3 atom stereocenters. The molecule has 0 rings (SSSR count). The van der Waals surface area contributed by atoms with Crippen molar-refractivity contribution in [1.82, 2.24) is 5.32 Å². The van der Waals surface area contributed by atoms with Crippen molar-refractivity contribution < 1.29 is 37.3 Å². The van der Waals surface area contributed by atoms with Gasteiger partial charge < -0.3 is 28.5 Å². The van der Waals surface area contributed by atoms with Gasteiger partial charge in [0.25, 0.3) is 7.82 Å². The second kappa shape index (κ2) is 63.2. The molecule has 486 valence electrons. The van der Waals surface area contributed by atoms with Crippen molar-refractivity contribution in [1.29, 1.82) is 0 Å². The van der Waals surface area contributed by atoms with Gasteiger partial charge in [-0.2, -0.15) is 0 Å². The number of amides is 1. The molecule has 0 aliphatic heterocycles. The molecule has 0 aliphatic rings. The lowest BCUT2D eigenvalue weighted by Crippen LogP contribution is -2.47. The molecule has 0 aromatic carbocycles. The number of rotatable bonds is 61. The average molecular weight is 1200 g/mol. The molecule has 0 bridgehead atoms. The SMILES string of the molecule is CC/C=C\C/C=C\C/C=C\C/C=C\C/C=C\C/C=C\CCCCCCCCC(=O)NC(COP(=O)([O-])OCC[N+](C)(C)C)C(/C=C\CCCCCCCCCCCCC)OC(=O)CCCCCCC/C=C\C/C=C\C/C=C\C/C=C\CCCCC. The first-order chi connectivity index (χ1) is 41.4. The van der Waals surface area contributed by atoms with Crippen molar-refractivity contribution in [2.75, 3.05) is 40.9 Å². The minimum Gasteiger partial charge on any atom is -0.756 e. The molecule has 0 fully saturated rings. The minimum atomic E-state index is -4.72. The number of hydrogen-bond acceptors (Lipinski definition) is 7. The normalized spacial score (nSPS) is 14.4. The lowest BCUT2D eigenvalue weighted by molar-refractivity contribution is -0.870. The lowest BCUT2D eigenvalue weighted by Gasteiger charge is -2.30. The molecule has 0 saturated carbocycles. The summed E-state index contributed by atoms with van der Waals surface area (Å²) in [4.78, 5) is 40.2. The van der Waals surface area contributed by atoms with Gasteiger partial charge in [-0.1, -0.05) is 270 Å². The van der Waals surface area contributed by atoms with Crippen LogP contribution in [0, 0.1) is 0 Å². The summed E-state index contributed by atoms with van der Waals surface area (Å²) in [5, 5.41) is 3.03. The Hall–Kier alpha value is -3.85. The van der Waals surface area contributed by atoms with Gasteiger partial charge in [-0.3, -0.25) is 14.2 Å². The van der Waals surface area contributed by atoms with Gasteiger partial charge in [0.15, 0.2) is 0 Å². The van der Waals surface area contributed by atoms with Gasteiger partial charge in [0.2, 0.25) is 5.91 Å². The molecule has 0 aromatic heterocycles. The molecule has 85 heavy (non-hydrogen) atoms. The summed E-state index contributed by atoms with van der Waals surface area (Å²) >= 11 is 0. The quantitative estimate of drug-likeness (QED) is 0.0212. The summed E-state index contributed by atoms with van der Waals surface area (Å²) in [6.07, 6.45) is 89.9. The lowest BCUT2D eigenvalue weighted by atomic mass is 10.0. The fourth-order valence-electron chi connectivity index (χ4n) is 9.27. The highest BCUT2D eigenvalue weighted by Gasteiger charge is 2.27. The van der Waals surface area contributed by atoms with Gasteiger partial charge in [0.05, 0.1) is 33.8 Å². The third-order valence-electron chi connectivity index (χ3n) is 14.6. The highest BCUT2D eigenvalue weighted by molar-refractivity contribution is 7.45. The van der Waals surface area contributed by atoms with Crippen LogP contribution in [0.1, 0.15) is 278 Å². The van der Waals surface area contributed by atoms with E-state index >= 15 is 0 Å². The molecule has 0 spiro atoms. The maximum atomic E-state index is 13.6. The number of phosphoric acid groups is 1. The highest BCUT2D eigenvalue weighted by atomic mass is 31.2. The van der Waals surface area contributed by atoms with Crippen LogP contribution >= 0.6 is 7.82 Å². The average Bonchev–Trinajstić information content (AvgIpc) is 3.64. The Kier molecular flexibility index (Phi) is 60.3. The molecule has 9 nitrogen and oxygen atoms in total. The van der Waals surface area contributed by atoms with E-state index in [1.54, 1.807) is 0 Å². The second-order valence-corrected chi connectivity index (χ2v) is 25.4. The van der Waals surface area contributed by atoms with Gasteiger partial charge in [-0.25, -0.2) is 0 Å². The first-order valence-electron chi connectivity index (χ1n) is 34.5. The Morgan fingerprint density at radius 2 is 0.753 bits per heavy atom. The number of carbonyl (C=O) groups excluding carboxylic acids is 2. The molecule has 3 unspecified atom stereocenters. The molecule has 0 heterocycles. The maximum Gasteiger partial charge on any atom is 0.306 e. The number of nitrogens with one attached hydrogen (secondary N) is 1. The number of unbranched alkanes of at least 4 members (excludes halogenated alkanes) is 25. The summed E-state index contributed by atoms with van der Waals surface area (Å²) in [6, 6.07) is -0.916. The largest absolute Gasteiger partial charge is 0.756 e. The third-order valence-corrected chi connectivity index (χ3v) is 15.5. The summed E-state index contributed by atoms with van der Waals surface area (Å²) in [5.74, 6) is -0.584. The molecule has 0 aliphatic carbocycles. The zero-order valence-electron chi connectivity index (χ0n) is 55.5. The number of nitrogens with zero attached hydrogens (tertiary/aromatic N) is 1. The molecular formula is C75H129N2O7P. The van der Waals surface area contributed by atoms with Gasteiger partial charge in [0, 0.05) is 12.8 Å². The summed E-state index contributed by atoms with van der Waals surface area (Å²) in [6.45, 7) is 6.68. The van der Waals surface area contributed by atoms with Crippen molar-refractivity contribution in [2.45, 2.75) is 290 Å². The Morgan fingerprint density at radius 1 is 0.424 bits per heavy atom. The Morgan fingerprint density at radius 3 is 1.15 bits per heavy atom. The first-order valence-corrected chi connectivity index (χ1v) is 36.0. The van der Waals surface area contributed by atoms with E-state index in [2.05, 4.69) is 148 Å². The van der Waals surface area contributed by atoms with Crippen LogP contribution in [0.5, 0.6) is 0 Å². The van der Waals surface area contributed by atoms with E-state index < -0.39 is 26.6 Å². The maximum absolute atomic E-state index is 13.6. The number of allylic oxidation sites excluding steroid dienone is 21. The molecule has 0 aromatic rings. The Bertz CT molecular complexity index is 1920. The number of carbonyl (C=O) groups is 2. The van der Waals surface area contributed by atoms with Gasteiger partial charge in [-0.15, -0.1) is 0 Å². The monoisotopic (exact) mass is 1200 g/mol. The van der Waals surface area contributed by atoms with Gasteiger partial charge in [0.1, 0.15) is 19.3 Å². The Balaban J connectivity index is 5.25. The van der Waals surface area contributed by atoms with Crippen LogP contribution in [-0.4, -0.2) is 69.4 Å². The molecule has 0 saturated heterocycles. The van der Waals surface area contributed by atoms with Crippen LogP contribution in [0.15, 0.2) is 134 Å². The zero-order chi connectivity index (χ0) is 62.1. The van der Waals surface area contributed by atoms with E-state index in [0.29, 0.717) is 23.9 Å². The predicted molar refractivity (Wildman–Crippen MR) is 366 cm³/mol. The Labute approximate surface area is 524 Å². The van der Waals surface area contributed by atoms with Crippen LogP contribution < -0.4 is 10.2 Å². The highest BCUT2D eigenvalue weighted by Crippen LogP contribution is 2.38. The number of ether oxygens (including phenoxy) is 1. The summed E-state index contributed by atoms with van der Waals surface area (Å²) in [7, 11) is 1.15. The molecule has 10 heteroatoms. The van der Waals surface area contributed by atoms with Crippen molar-refractivity contribution in [3.05, 3.63) is 134 Å². The molecular weight excluding hydrogens is 1070 g/mol. The minimum absolute atomic E-state index is 0.0361. The van der Waals surface area contributed by atoms with Crippen molar-refractivity contribution in [2.24, 2.45) is 0 Å². The number of likely N-dealkylation sites (N-methyl/N-ethyl adjacent to an activating group) is 1. The van der Waals surface area contributed by atoms with Gasteiger partial charge in [-0.05, 0) is 128 Å². The van der Waals surface area contributed by atoms with Crippen LogP contribution in [0.3, 0.4) is 0 Å². The zero-order valence-corrected chi connectivity index (χ0v) is 56.4. The van der Waals surface area contributed by atoms with E-state index in [4.69, 9.17) is 13.8 Å². The van der Waals surface area contributed by atoms with E-state index in [9.17, 15) is 19.0 Å². The molecule has 0 radical (unpaired) electrons. The fourth-order valence-corrected chi connectivity index (χ4v) is 10.00. The third kappa shape index (κ3) is 64.5. The standard InChI is InChI=1S/C75H129N2O7P/c1-7-10-13-16-19-22-25-28-30-32-34-36-37-38-39-41-42-44-46-49-52-55-58-61-64-67-74(78)76-72(71-83-85(80,81)82-70-69-77(4,5)6)73(66-63-60-57-54-51-48-27-24-21-18-15-12-9-3)84-75(79)68-65-62-59-56-53-50-47-45-43-40-35-33-31-29-26-23-20-17-14-11-8-2/h10,13,19-20,22-23,28-31,34-36,38-40,42,44-45,47,63,66,72-73H,7-9,11-12,14-18,21,24-27,32-33,37,41,43,46,48-62,64-65,67-71H2,1-6H3,(H-,76,78,80,81)/b13-10-,22-19-,23-20-,30-28-,31-29-,36-34-,39-38-,40-35-,44-42-,47-45-,66-63-. The first kappa shape index (κ1) is 81.2. The second-order valence-electron chi connectivity index (χ2n) is 23.9.